The number of nitrogens with one attached hydrogen (secondary N) is 1. The van der Waals surface area contributed by atoms with Crippen LogP contribution < -0.4 is 10.2 Å². The lowest BCUT2D eigenvalue weighted by Gasteiger charge is -2.46. The molecule has 1 spiro atoms. The van der Waals surface area contributed by atoms with Crippen LogP contribution in [-0.4, -0.2) is 26.2 Å². The highest BCUT2D eigenvalue weighted by Gasteiger charge is 2.37. The highest BCUT2D eigenvalue weighted by atomic mass is 15.2. The molecule has 0 bridgehead atoms. The Kier molecular flexibility index (Phi) is 3.22. The van der Waals surface area contributed by atoms with Crippen LogP contribution in [0.25, 0.3) is 0 Å². The first-order chi connectivity index (χ1) is 9.86. The van der Waals surface area contributed by atoms with Crippen molar-refractivity contribution in [2.24, 2.45) is 5.41 Å². The van der Waals surface area contributed by atoms with Crippen LogP contribution in [0, 0.1) is 5.41 Å². The third-order valence-electron chi connectivity index (χ3n) is 5.62. The fraction of sp³-hybridized carbons (Fsp3) is 0.667. The van der Waals surface area contributed by atoms with Gasteiger partial charge in [0.15, 0.2) is 0 Å². The van der Waals surface area contributed by atoms with Gasteiger partial charge >= 0.3 is 0 Å². The van der Waals surface area contributed by atoms with Gasteiger partial charge in [0, 0.05) is 18.8 Å². The molecule has 20 heavy (non-hydrogen) atoms. The zero-order valence-electron chi connectivity index (χ0n) is 12.4. The first-order valence-electron chi connectivity index (χ1n) is 8.41. The van der Waals surface area contributed by atoms with Crippen molar-refractivity contribution in [3.8, 4) is 0 Å². The Morgan fingerprint density at radius 1 is 1.05 bits per heavy atom. The SMILES string of the molecule is c1ccc(N2CCCC3(CCNCC3)C2)c(C2CC2)c1. The molecule has 2 aliphatic heterocycles. The second-order valence-corrected chi connectivity index (χ2v) is 7.11. The standard InChI is InChI=1S/C18H26N2/c1-2-5-17(16(4-1)15-6-7-15)20-13-3-8-18(14-20)9-11-19-12-10-18/h1-2,4-5,15,19H,3,6-14H2. The Morgan fingerprint density at radius 2 is 1.85 bits per heavy atom. The van der Waals surface area contributed by atoms with Gasteiger partial charge in [-0.15, -0.1) is 0 Å². The van der Waals surface area contributed by atoms with Crippen molar-refractivity contribution < 1.29 is 0 Å². The second kappa shape index (κ2) is 5.07. The molecule has 0 amide bonds. The summed E-state index contributed by atoms with van der Waals surface area (Å²) in [5, 5.41) is 3.53. The fourth-order valence-corrected chi connectivity index (χ4v) is 4.29. The molecule has 0 atom stereocenters. The lowest BCUT2D eigenvalue weighted by atomic mass is 9.72. The zero-order chi connectivity index (χ0) is 13.4. The van der Waals surface area contributed by atoms with Crippen LogP contribution in [0.3, 0.4) is 0 Å². The van der Waals surface area contributed by atoms with E-state index in [-0.39, 0.29) is 0 Å². The van der Waals surface area contributed by atoms with Gasteiger partial charge in [-0.3, -0.25) is 0 Å². The van der Waals surface area contributed by atoms with Gasteiger partial charge in [-0.05, 0) is 74.6 Å². The maximum absolute atomic E-state index is 3.53. The molecular weight excluding hydrogens is 244 g/mol. The molecule has 2 saturated heterocycles. The minimum Gasteiger partial charge on any atom is -0.371 e. The Hall–Kier alpha value is -1.02. The summed E-state index contributed by atoms with van der Waals surface area (Å²) >= 11 is 0. The highest BCUT2D eigenvalue weighted by Crippen LogP contribution is 2.46. The maximum Gasteiger partial charge on any atom is 0.0401 e. The Morgan fingerprint density at radius 3 is 2.65 bits per heavy atom. The van der Waals surface area contributed by atoms with E-state index in [0.717, 1.165) is 5.92 Å². The van der Waals surface area contributed by atoms with Gasteiger partial charge in [0.2, 0.25) is 0 Å². The molecule has 4 rings (SSSR count). The minimum atomic E-state index is 0.597. The summed E-state index contributed by atoms with van der Waals surface area (Å²) in [5.74, 6) is 0.858. The Balaban J connectivity index is 1.58. The number of nitrogens with zero attached hydrogens (tertiary/aromatic N) is 1. The largest absolute Gasteiger partial charge is 0.371 e. The van der Waals surface area contributed by atoms with Crippen LogP contribution in [0.15, 0.2) is 24.3 Å². The van der Waals surface area contributed by atoms with E-state index in [1.165, 1.54) is 64.7 Å². The van der Waals surface area contributed by atoms with E-state index in [4.69, 9.17) is 0 Å². The number of para-hydroxylation sites is 1. The zero-order valence-corrected chi connectivity index (χ0v) is 12.4. The minimum absolute atomic E-state index is 0.597. The van der Waals surface area contributed by atoms with E-state index >= 15 is 0 Å². The summed E-state index contributed by atoms with van der Waals surface area (Å²) in [6.07, 6.45) is 8.36. The predicted molar refractivity (Wildman–Crippen MR) is 84.4 cm³/mol. The summed E-state index contributed by atoms with van der Waals surface area (Å²) in [7, 11) is 0. The van der Waals surface area contributed by atoms with Gasteiger partial charge in [-0.1, -0.05) is 18.2 Å². The predicted octanol–water partition coefficient (Wildman–Crippen LogP) is 3.53. The van der Waals surface area contributed by atoms with E-state index in [2.05, 4.69) is 34.5 Å². The summed E-state index contributed by atoms with van der Waals surface area (Å²) in [4.78, 5) is 2.71. The van der Waals surface area contributed by atoms with Crippen molar-refractivity contribution in [1.82, 2.24) is 5.32 Å². The van der Waals surface area contributed by atoms with Crippen LogP contribution in [0.1, 0.15) is 50.0 Å². The summed E-state index contributed by atoms with van der Waals surface area (Å²) < 4.78 is 0. The molecule has 2 heteroatoms. The average Bonchev–Trinajstić information content (AvgIpc) is 3.33. The first-order valence-corrected chi connectivity index (χ1v) is 8.41. The molecule has 0 aromatic heterocycles. The molecule has 1 aromatic carbocycles. The summed E-state index contributed by atoms with van der Waals surface area (Å²) in [6, 6.07) is 9.19. The molecule has 3 aliphatic rings. The van der Waals surface area contributed by atoms with Crippen LogP contribution in [0.4, 0.5) is 5.69 Å². The topological polar surface area (TPSA) is 15.3 Å². The third kappa shape index (κ3) is 2.35. The normalized spacial score (nSPS) is 25.9. The molecule has 0 unspecified atom stereocenters. The molecule has 2 nitrogen and oxygen atoms in total. The number of piperidine rings is 2. The lowest BCUT2D eigenvalue weighted by Crippen LogP contribution is -2.48. The Labute approximate surface area is 122 Å². The molecule has 2 heterocycles. The van der Waals surface area contributed by atoms with Crippen molar-refractivity contribution in [3.05, 3.63) is 29.8 Å². The number of rotatable bonds is 2. The van der Waals surface area contributed by atoms with E-state index in [9.17, 15) is 0 Å². The van der Waals surface area contributed by atoms with Crippen LogP contribution >= 0.6 is 0 Å². The molecule has 3 fully saturated rings. The van der Waals surface area contributed by atoms with E-state index < -0.39 is 0 Å². The molecule has 1 N–H and O–H groups in total. The quantitative estimate of drug-likeness (QED) is 0.884. The van der Waals surface area contributed by atoms with Crippen LogP contribution in [0.2, 0.25) is 0 Å². The second-order valence-electron chi connectivity index (χ2n) is 7.11. The molecule has 1 saturated carbocycles. The lowest BCUT2D eigenvalue weighted by molar-refractivity contribution is 0.166. The van der Waals surface area contributed by atoms with Gasteiger partial charge in [-0.2, -0.15) is 0 Å². The molecule has 1 aromatic rings. The molecule has 0 radical (unpaired) electrons. The summed E-state index contributed by atoms with van der Waals surface area (Å²) in [6.45, 7) is 4.99. The number of hydrogen-bond donors (Lipinski definition) is 1. The van der Waals surface area contributed by atoms with Gasteiger partial charge in [0.25, 0.3) is 0 Å². The monoisotopic (exact) mass is 270 g/mol. The number of anilines is 1. The smallest absolute Gasteiger partial charge is 0.0401 e. The third-order valence-corrected chi connectivity index (χ3v) is 5.62. The van der Waals surface area contributed by atoms with Gasteiger partial charge in [-0.25, -0.2) is 0 Å². The Bertz CT molecular complexity index is 467. The fourth-order valence-electron chi connectivity index (χ4n) is 4.29. The van der Waals surface area contributed by atoms with Crippen molar-refractivity contribution >= 4 is 5.69 Å². The maximum atomic E-state index is 3.53. The highest BCUT2D eigenvalue weighted by molar-refractivity contribution is 5.56. The summed E-state index contributed by atoms with van der Waals surface area (Å²) in [5.41, 5.74) is 3.77. The van der Waals surface area contributed by atoms with Crippen molar-refractivity contribution in [2.75, 3.05) is 31.1 Å². The van der Waals surface area contributed by atoms with E-state index in [0.29, 0.717) is 5.41 Å². The van der Waals surface area contributed by atoms with E-state index in [1.54, 1.807) is 11.3 Å². The van der Waals surface area contributed by atoms with Crippen LogP contribution in [0.5, 0.6) is 0 Å². The van der Waals surface area contributed by atoms with Gasteiger partial charge in [0.05, 0.1) is 0 Å². The van der Waals surface area contributed by atoms with Gasteiger partial charge < -0.3 is 10.2 Å². The molecule has 108 valence electrons. The average molecular weight is 270 g/mol. The van der Waals surface area contributed by atoms with E-state index in [1.807, 2.05) is 0 Å². The number of hydrogen-bond acceptors (Lipinski definition) is 2. The first kappa shape index (κ1) is 12.7. The van der Waals surface area contributed by atoms with Crippen molar-refractivity contribution in [2.45, 2.75) is 44.4 Å². The molecular formula is C18H26N2. The van der Waals surface area contributed by atoms with Crippen molar-refractivity contribution in [1.29, 1.82) is 0 Å². The molecule has 1 aliphatic carbocycles. The van der Waals surface area contributed by atoms with Gasteiger partial charge in [0.1, 0.15) is 0 Å². The van der Waals surface area contributed by atoms with Crippen LogP contribution in [-0.2, 0) is 0 Å². The number of benzene rings is 1. The van der Waals surface area contributed by atoms with Crippen molar-refractivity contribution in [3.63, 3.8) is 0 Å².